The molecule has 3 heterocycles. The lowest BCUT2D eigenvalue weighted by Crippen LogP contribution is -2.26. The average Bonchev–Trinajstić information content (AvgIpc) is 3.50. The van der Waals surface area contributed by atoms with Gasteiger partial charge in [-0.2, -0.15) is 4.37 Å². The number of rotatable bonds is 6. The largest absolute Gasteiger partial charge is 0.347 e. The minimum atomic E-state index is -3.76. The third-order valence-corrected chi connectivity index (χ3v) is 7.73. The Morgan fingerprint density at radius 1 is 1.12 bits per heavy atom. The van der Waals surface area contributed by atoms with Crippen molar-refractivity contribution in [2.24, 2.45) is 0 Å². The van der Waals surface area contributed by atoms with E-state index in [0.29, 0.717) is 31.1 Å². The molecule has 4 aromatic rings. The molecule has 0 atom stereocenters. The smallest absolute Gasteiger partial charge is 0.263 e. The van der Waals surface area contributed by atoms with Gasteiger partial charge in [0.25, 0.3) is 10.0 Å². The molecule has 0 spiro atoms. The summed E-state index contributed by atoms with van der Waals surface area (Å²) in [6.45, 7) is 1.42. The van der Waals surface area contributed by atoms with Crippen molar-refractivity contribution in [2.75, 3.05) is 4.72 Å². The van der Waals surface area contributed by atoms with Crippen molar-refractivity contribution in [1.29, 1.82) is 0 Å². The van der Waals surface area contributed by atoms with Gasteiger partial charge in [0.2, 0.25) is 11.0 Å². The molecule has 5 rings (SSSR count). The van der Waals surface area contributed by atoms with Gasteiger partial charge >= 0.3 is 0 Å². The fraction of sp³-hybridized carbons (Fsp3) is 0.190. The van der Waals surface area contributed by atoms with Gasteiger partial charge in [0.15, 0.2) is 0 Å². The van der Waals surface area contributed by atoms with E-state index in [0.717, 1.165) is 33.6 Å². The summed E-state index contributed by atoms with van der Waals surface area (Å²) >= 11 is 7.01. The number of amides is 1. The normalized spacial score (nSPS) is 13.5. The van der Waals surface area contributed by atoms with Crippen LogP contribution in [0.5, 0.6) is 0 Å². The van der Waals surface area contributed by atoms with Crippen molar-refractivity contribution >= 4 is 55.1 Å². The van der Waals surface area contributed by atoms with Crippen LogP contribution in [0.25, 0.3) is 10.9 Å². The van der Waals surface area contributed by atoms with Crippen LogP contribution in [-0.4, -0.2) is 33.1 Å². The zero-order chi connectivity index (χ0) is 22.3. The van der Waals surface area contributed by atoms with Gasteiger partial charge in [0.1, 0.15) is 6.33 Å². The van der Waals surface area contributed by atoms with Crippen molar-refractivity contribution in [1.82, 2.24) is 18.8 Å². The summed E-state index contributed by atoms with van der Waals surface area (Å²) in [7, 11) is -3.76. The molecule has 8 nitrogen and oxygen atoms in total. The highest BCUT2D eigenvalue weighted by Gasteiger charge is 2.26. The van der Waals surface area contributed by atoms with Crippen LogP contribution in [0.2, 0.25) is 5.02 Å². The van der Waals surface area contributed by atoms with Crippen LogP contribution in [0.15, 0.2) is 59.9 Å². The third-order valence-electron chi connectivity index (χ3n) is 5.45. The summed E-state index contributed by atoms with van der Waals surface area (Å²) in [5, 5.41) is 1.93. The predicted molar refractivity (Wildman–Crippen MR) is 123 cm³/mol. The van der Waals surface area contributed by atoms with E-state index in [4.69, 9.17) is 11.6 Å². The standard InChI is InChI=1S/C21H18ClN5O3S2/c22-17-2-4-19-14(9-17)5-7-26(19)8-6-20(28)27-11-15-1-3-18(10-16(15)12-27)32(29,30)25-21-23-13-24-31-21/h1-5,7,9-10,13H,6,8,11-12H2,(H,23,24,25). The maximum absolute atomic E-state index is 12.8. The molecule has 0 bridgehead atoms. The second-order valence-electron chi connectivity index (χ2n) is 7.49. The highest BCUT2D eigenvalue weighted by molar-refractivity contribution is 7.93. The molecular weight excluding hydrogens is 470 g/mol. The molecule has 11 heteroatoms. The number of fused-ring (bicyclic) bond motifs is 2. The summed E-state index contributed by atoms with van der Waals surface area (Å²) in [5.74, 6) is 0.0217. The Labute approximate surface area is 193 Å². The lowest BCUT2D eigenvalue weighted by Gasteiger charge is -2.16. The monoisotopic (exact) mass is 487 g/mol. The first-order valence-corrected chi connectivity index (χ1v) is 12.5. The number of benzene rings is 2. The first kappa shape index (κ1) is 20.9. The number of aromatic nitrogens is 3. The van der Waals surface area contributed by atoms with Gasteiger partial charge in [-0.05, 0) is 47.5 Å². The Kier molecular flexibility index (Phi) is 5.36. The number of halogens is 1. The Morgan fingerprint density at radius 3 is 2.78 bits per heavy atom. The van der Waals surface area contributed by atoms with Crippen LogP contribution >= 0.6 is 23.1 Å². The number of carbonyl (C=O) groups is 1. The molecule has 1 amide bonds. The molecule has 0 aliphatic carbocycles. The van der Waals surface area contributed by atoms with E-state index in [9.17, 15) is 13.2 Å². The predicted octanol–water partition coefficient (Wildman–Crippen LogP) is 3.88. The van der Waals surface area contributed by atoms with Crippen LogP contribution in [0.1, 0.15) is 17.5 Å². The van der Waals surface area contributed by atoms with Crippen LogP contribution in [0.4, 0.5) is 5.13 Å². The number of carbonyl (C=O) groups excluding carboxylic acids is 1. The lowest BCUT2D eigenvalue weighted by atomic mass is 10.1. The number of anilines is 1. The van der Waals surface area contributed by atoms with E-state index in [1.807, 2.05) is 35.0 Å². The zero-order valence-electron chi connectivity index (χ0n) is 16.7. The average molecular weight is 488 g/mol. The third kappa shape index (κ3) is 4.08. The summed E-state index contributed by atoms with van der Waals surface area (Å²) in [4.78, 5) is 18.6. The van der Waals surface area contributed by atoms with E-state index < -0.39 is 10.0 Å². The van der Waals surface area contributed by atoms with E-state index in [1.54, 1.807) is 23.1 Å². The van der Waals surface area contributed by atoms with E-state index in [1.165, 1.54) is 6.33 Å². The molecule has 0 unspecified atom stereocenters. The van der Waals surface area contributed by atoms with Crippen molar-refractivity contribution in [3.63, 3.8) is 0 Å². The van der Waals surface area contributed by atoms with Crippen LogP contribution < -0.4 is 4.72 Å². The molecule has 2 aromatic heterocycles. The van der Waals surface area contributed by atoms with Gasteiger partial charge < -0.3 is 9.47 Å². The number of hydrogen-bond donors (Lipinski definition) is 1. The fourth-order valence-corrected chi connectivity index (χ4v) is 5.74. The highest BCUT2D eigenvalue weighted by atomic mass is 35.5. The maximum Gasteiger partial charge on any atom is 0.263 e. The quantitative estimate of drug-likeness (QED) is 0.445. The Bertz CT molecular complexity index is 1420. The highest BCUT2D eigenvalue weighted by Crippen LogP contribution is 2.27. The first-order valence-electron chi connectivity index (χ1n) is 9.82. The molecular formula is C21H18ClN5O3S2. The Morgan fingerprint density at radius 2 is 1.97 bits per heavy atom. The molecule has 0 saturated carbocycles. The number of aryl methyl sites for hydroxylation is 1. The zero-order valence-corrected chi connectivity index (χ0v) is 19.1. The molecule has 0 radical (unpaired) electrons. The fourth-order valence-electron chi connectivity index (χ4n) is 3.85. The second kappa shape index (κ2) is 8.19. The molecule has 2 aromatic carbocycles. The van der Waals surface area contributed by atoms with Gasteiger partial charge in [-0.1, -0.05) is 17.7 Å². The van der Waals surface area contributed by atoms with E-state index in [-0.39, 0.29) is 15.9 Å². The topological polar surface area (TPSA) is 97.2 Å². The van der Waals surface area contributed by atoms with Gasteiger partial charge in [0.05, 0.1) is 4.90 Å². The number of sulfonamides is 1. The second-order valence-corrected chi connectivity index (χ2v) is 10.4. The van der Waals surface area contributed by atoms with Gasteiger partial charge in [-0.25, -0.2) is 13.4 Å². The number of nitrogens with zero attached hydrogens (tertiary/aromatic N) is 4. The Hall–Kier alpha value is -2.95. The molecule has 32 heavy (non-hydrogen) atoms. The molecule has 1 N–H and O–H groups in total. The maximum atomic E-state index is 12.8. The van der Waals surface area contributed by atoms with Gasteiger partial charge in [0, 0.05) is 59.7 Å². The molecule has 1 aliphatic rings. The van der Waals surface area contributed by atoms with Crippen LogP contribution in [-0.2, 0) is 34.5 Å². The first-order chi connectivity index (χ1) is 15.4. The Balaban J connectivity index is 1.26. The van der Waals surface area contributed by atoms with Crippen LogP contribution in [0.3, 0.4) is 0 Å². The van der Waals surface area contributed by atoms with Crippen molar-refractivity contribution in [2.45, 2.75) is 31.0 Å². The van der Waals surface area contributed by atoms with Crippen LogP contribution in [0, 0.1) is 0 Å². The lowest BCUT2D eigenvalue weighted by molar-refractivity contribution is -0.132. The minimum Gasteiger partial charge on any atom is -0.347 e. The summed E-state index contributed by atoms with van der Waals surface area (Å²) in [5.41, 5.74) is 2.82. The molecule has 1 aliphatic heterocycles. The summed E-state index contributed by atoms with van der Waals surface area (Å²) in [6, 6.07) is 12.6. The molecule has 0 fully saturated rings. The van der Waals surface area contributed by atoms with Crippen molar-refractivity contribution < 1.29 is 13.2 Å². The summed E-state index contributed by atoms with van der Waals surface area (Å²) in [6.07, 6.45) is 3.60. The van der Waals surface area contributed by atoms with Crippen molar-refractivity contribution in [3.05, 3.63) is 71.1 Å². The minimum absolute atomic E-state index is 0.0217. The molecule has 0 saturated heterocycles. The van der Waals surface area contributed by atoms with Gasteiger partial charge in [-0.15, -0.1) is 0 Å². The number of nitrogens with one attached hydrogen (secondary N) is 1. The van der Waals surface area contributed by atoms with E-state index >= 15 is 0 Å². The van der Waals surface area contributed by atoms with E-state index in [2.05, 4.69) is 14.1 Å². The SMILES string of the molecule is O=C(CCn1ccc2cc(Cl)ccc21)N1Cc2ccc(S(=O)(=O)Nc3ncns3)cc2C1. The van der Waals surface area contributed by atoms with Gasteiger partial charge in [-0.3, -0.25) is 9.52 Å². The number of hydrogen-bond acceptors (Lipinski definition) is 6. The summed E-state index contributed by atoms with van der Waals surface area (Å²) < 4.78 is 33.5. The van der Waals surface area contributed by atoms with Crippen molar-refractivity contribution in [3.8, 4) is 0 Å². The molecule has 164 valence electrons.